The summed E-state index contributed by atoms with van der Waals surface area (Å²) in [5, 5.41) is 0. The molecule has 0 aromatic heterocycles. The number of rotatable bonds is 8. The Bertz CT molecular complexity index is 371. The average molecular weight is 309 g/mol. The molecule has 0 unspecified atom stereocenters. The summed E-state index contributed by atoms with van der Waals surface area (Å²) in [7, 11) is 1.41. The number of unbranched alkanes of at least 4 members (excludes halogenated alkanes) is 1. The van der Waals surface area contributed by atoms with E-state index in [1.54, 1.807) is 0 Å². The Morgan fingerprint density at radius 1 is 1.09 bits per heavy atom. The highest BCUT2D eigenvalue weighted by molar-refractivity contribution is 5.80. The molecule has 0 aromatic rings. The van der Waals surface area contributed by atoms with Crippen molar-refractivity contribution < 1.29 is 14.3 Å². The third kappa shape index (κ3) is 4.99. The molecule has 4 nitrogen and oxygen atoms in total. The van der Waals surface area contributed by atoms with E-state index in [1.807, 2.05) is 4.90 Å². The van der Waals surface area contributed by atoms with Gasteiger partial charge in [0.15, 0.2) is 0 Å². The van der Waals surface area contributed by atoms with Crippen molar-refractivity contribution in [3.63, 3.8) is 0 Å². The van der Waals surface area contributed by atoms with Crippen molar-refractivity contribution >= 4 is 11.9 Å². The lowest BCUT2D eigenvalue weighted by Gasteiger charge is -2.32. The standard InChI is InChI=1S/C18H31NO3/c1-3-4-5-14-6-8-15(9-7-14)18(21)19(16-10-11-16)13-12-17(20)22-2/h14-16H,3-13H2,1-2H3. The van der Waals surface area contributed by atoms with E-state index >= 15 is 0 Å². The number of ether oxygens (including phenoxy) is 1. The van der Waals surface area contributed by atoms with Gasteiger partial charge in [0.05, 0.1) is 13.5 Å². The zero-order chi connectivity index (χ0) is 15.9. The molecule has 2 aliphatic rings. The minimum absolute atomic E-state index is 0.191. The van der Waals surface area contributed by atoms with Gasteiger partial charge in [-0.25, -0.2) is 0 Å². The third-order valence-corrected chi connectivity index (χ3v) is 5.22. The van der Waals surface area contributed by atoms with Crippen molar-refractivity contribution in [3.8, 4) is 0 Å². The van der Waals surface area contributed by atoms with E-state index in [0.29, 0.717) is 24.9 Å². The SMILES string of the molecule is CCCCC1CCC(C(=O)N(CCC(=O)OC)C2CC2)CC1. The van der Waals surface area contributed by atoms with Crippen LogP contribution in [0.4, 0.5) is 0 Å². The van der Waals surface area contributed by atoms with Crippen molar-refractivity contribution in [2.75, 3.05) is 13.7 Å². The van der Waals surface area contributed by atoms with E-state index in [-0.39, 0.29) is 11.9 Å². The third-order valence-electron chi connectivity index (χ3n) is 5.22. The molecule has 0 saturated heterocycles. The second-order valence-electron chi connectivity index (χ2n) is 6.95. The Morgan fingerprint density at radius 2 is 1.77 bits per heavy atom. The molecule has 0 atom stereocenters. The van der Waals surface area contributed by atoms with E-state index in [4.69, 9.17) is 4.74 Å². The number of methoxy groups -OCH3 is 1. The predicted octanol–water partition coefficient (Wildman–Crippen LogP) is 3.54. The van der Waals surface area contributed by atoms with Crippen LogP contribution in [0, 0.1) is 11.8 Å². The van der Waals surface area contributed by atoms with E-state index in [0.717, 1.165) is 31.6 Å². The van der Waals surface area contributed by atoms with Crippen LogP contribution in [0.15, 0.2) is 0 Å². The van der Waals surface area contributed by atoms with Gasteiger partial charge in [-0.3, -0.25) is 9.59 Å². The van der Waals surface area contributed by atoms with Gasteiger partial charge in [0.25, 0.3) is 0 Å². The van der Waals surface area contributed by atoms with Crippen LogP contribution in [-0.4, -0.2) is 36.5 Å². The molecule has 2 aliphatic carbocycles. The number of carbonyl (C=O) groups is 2. The van der Waals surface area contributed by atoms with Gasteiger partial charge in [0, 0.05) is 18.5 Å². The fraction of sp³-hybridized carbons (Fsp3) is 0.889. The maximum atomic E-state index is 12.8. The van der Waals surface area contributed by atoms with Gasteiger partial charge >= 0.3 is 5.97 Å². The normalized spacial score (nSPS) is 24.8. The molecular weight excluding hydrogens is 278 g/mol. The Kier molecular flexibility index (Phi) is 6.71. The smallest absolute Gasteiger partial charge is 0.307 e. The molecule has 0 N–H and O–H groups in total. The Labute approximate surface area is 134 Å². The lowest BCUT2D eigenvalue weighted by atomic mass is 9.79. The van der Waals surface area contributed by atoms with Crippen LogP contribution < -0.4 is 0 Å². The molecule has 2 saturated carbocycles. The first kappa shape index (κ1) is 17.3. The topological polar surface area (TPSA) is 46.6 Å². The van der Waals surface area contributed by atoms with Gasteiger partial charge in [-0.2, -0.15) is 0 Å². The Hall–Kier alpha value is -1.06. The van der Waals surface area contributed by atoms with Crippen molar-refractivity contribution in [1.29, 1.82) is 0 Å². The fourth-order valence-electron chi connectivity index (χ4n) is 3.60. The molecule has 0 spiro atoms. The van der Waals surface area contributed by atoms with Crippen molar-refractivity contribution in [1.82, 2.24) is 4.90 Å². The Balaban J connectivity index is 1.80. The summed E-state index contributed by atoms with van der Waals surface area (Å²) in [5.74, 6) is 1.09. The van der Waals surface area contributed by atoms with E-state index in [1.165, 1.54) is 39.2 Å². The minimum atomic E-state index is -0.221. The largest absolute Gasteiger partial charge is 0.469 e. The summed E-state index contributed by atoms with van der Waals surface area (Å²) in [6.07, 6.45) is 10.9. The van der Waals surface area contributed by atoms with Crippen LogP contribution in [-0.2, 0) is 14.3 Å². The summed E-state index contributed by atoms with van der Waals surface area (Å²) in [6, 6.07) is 0.384. The summed E-state index contributed by atoms with van der Waals surface area (Å²) in [4.78, 5) is 26.1. The number of nitrogens with zero attached hydrogens (tertiary/aromatic N) is 1. The summed E-state index contributed by atoms with van der Waals surface area (Å²) in [6.45, 7) is 2.77. The first-order valence-corrected chi connectivity index (χ1v) is 9.03. The molecule has 0 bridgehead atoms. The lowest BCUT2D eigenvalue weighted by molar-refractivity contribution is -0.143. The molecular formula is C18H31NO3. The maximum Gasteiger partial charge on any atom is 0.307 e. The van der Waals surface area contributed by atoms with Gasteiger partial charge in [-0.15, -0.1) is 0 Å². The quantitative estimate of drug-likeness (QED) is 0.644. The zero-order valence-corrected chi connectivity index (χ0v) is 14.2. The molecule has 0 radical (unpaired) electrons. The van der Waals surface area contributed by atoms with Crippen LogP contribution in [0.1, 0.15) is 71.1 Å². The zero-order valence-electron chi connectivity index (χ0n) is 14.2. The van der Waals surface area contributed by atoms with Gasteiger partial charge in [0.2, 0.25) is 5.91 Å². The molecule has 2 fully saturated rings. The molecule has 4 heteroatoms. The van der Waals surface area contributed by atoms with Gasteiger partial charge in [-0.1, -0.05) is 26.2 Å². The lowest BCUT2D eigenvalue weighted by Crippen LogP contribution is -2.40. The van der Waals surface area contributed by atoms with Crippen molar-refractivity contribution in [2.45, 2.75) is 77.2 Å². The highest BCUT2D eigenvalue weighted by atomic mass is 16.5. The molecule has 0 aliphatic heterocycles. The van der Waals surface area contributed by atoms with Gasteiger partial charge < -0.3 is 9.64 Å². The molecule has 126 valence electrons. The molecule has 1 amide bonds. The molecule has 0 aromatic carbocycles. The van der Waals surface area contributed by atoms with Crippen molar-refractivity contribution in [2.24, 2.45) is 11.8 Å². The fourth-order valence-corrected chi connectivity index (χ4v) is 3.60. The molecule has 22 heavy (non-hydrogen) atoms. The predicted molar refractivity (Wildman–Crippen MR) is 86.3 cm³/mol. The monoisotopic (exact) mass is 309 g/mol. The van der Waals surface area contributed by atoms with E-state index in [2.05, 4.69) is 6.92 Å². The number of hydrogen-bond donors (Lipinski definition) is 0. The average Bonchev–Trinajstić information content (AvgIpc) is 3.38. The maximum absolute atomic E-state index is 12.8. The van der Waals surface area contributed by atoms with Crippen LogP contribution in [0.5, 0.6) is 0 Å². The van der Waals surface area contributed by atoms with Crippen LogP contribution in [0.3, 0.4) is 0 Å². The number of carbonyl (C=O) groups excluding carboxylic acids is 2. The number of amides is 1. The van der Waals surface area contributed by atoms with Gasteiger partial charge in [-0.05, 0) is 44.4 Å². The second kappa shape index (κ2) is 8.54. The summed E-state index contributed by atoms with van der Waals surface area (Å²) >= 11 is 0. The summed E-state index contributed by atoms with van der Waals surface area (Å²) < 4.78 is 4.70. The van der Waals surface area contributed by atoms with E-state index < -0.39 is 0 Å². The van der Waals surface area contributed by atoms with Crippen LogP contribution >= 0.6 is 0 Å². The number of esters is 1. The van der Waals surface area contributed by atoms with Crippen LogP contribution in [0.2, 0.25) is 0 Å². The molecule has 2 rings (SSSR count). The second-order valence-corrected chi connectivity index (χ2v) is 6.95. The first-order valence-electron chi connectivity index (χ1n) is 9.03. The highest BCUT2D eigenvalue weighted by Crippen LogP contribution is 2.35. The highest BCUT2D eigenvalue weighted by Gasteiger charge is 2.37. The summed E-state index contributed by atoms with van der Waals surface area (Å²) in [5.41, 5.74) is 0. The van der Waals surface area contributed by atoms with Crippen molar-refractivity contribution in [3.05, 3.63) is 0 Å². The van der Waals surface area contributed by atoms with Gasteiger partial charge in [0.1, 0.15) is 0 Å². The minimum Gasteiger partial charge on any atom is -0.469 e. The molecule has 0 heterocycles. The van der Waals surface area contributed by atoms with E-state index in [9.17, 15) is 9.59 Å². The Morgan fingerprint density at radius 3 is 2.32 bits per heavy atom. The first-order chi connectivity index (χ1) is 10.7. The van der Waals surface area contributed by atoms with Crippen LogP contribution in [0.25, 0.3) is 0 Å². The number of hydrogen-bond acceptors (Lipinski definition) is 3.